The minimum absolute atomic E-state index is 0.295. The zero-order valence-corrected chi connectivity index (χ0v) is 12.3. The number of benzene rings is 1. The van der Waals surface area contributed by atoms with Crippen LogP contribution in [0.2, 0.25) is 10.0 Å². The van der Waals surface area contributed by atoms with Gasteiger partial charge in [0, 0.05) is 12.7 Å². The largest absolute Gasteiger partial charge is 0.325 e. The first-order valence-corrected chi connectivity index (χ1v) is 7.66. The van der Waals surface area contributed by atoms with Crippen molar-refractivity contribution in [3.05, 3.63) is 57.8 Å². The number of halogens is 2. The van der Waals surface area contributed by atoms with Crippen LogP contribution in [0.3, 0.4) is 0 Å². The Morgan fingerprint density at radius 3 is 2.47 bits per heavy atom. The molecule has 0 fully saturated rings. The van der Waals surface area contributed by atoms with Gasteiger partial charge in [-0.05, 0) is 23.8 Å². The van der Waals surface area contributed by atoms with Gasteiger partial charge in [-0.1, -0.05) is 35.3 Å². The fourth-order valence-electron chi connectivity index (χ4n) is 1.70. The summed E-state index contributed by atoms with van der Waals surface area (Å²) in [5.74, 6) is 0.295. The van der Waals surface area contributed by atoms with Gasteiger partial charge in [-0.2, -0.15) is 0 Å². The first-order chi connectivity index (χ1) is 9.13. The average molecular weight is 315 g/mol. The fraction of sp³-hybridized carbons (Fsp3) is 0.154. The fourth-order valence-corrected chi connectivity index (χ4v) is 3.87. The average Bonchev–Trinajstić information content (AvgIpc) is 2.39. The molecule has 0 amide bonds. The Balaban J connectivity index is 2.31. The van der Waals surface area contributed by atoms with Crippen LogP contribution in [-0.2, 0) is 23.1 Å². The lowest BCUT2D eigenvalue weighted by Gasteiger charge is -2.09. The molecule has 1 atom stereocenters. The van der Waals surface area contributed by atoms with Crippen LogP contribution < -0.4 is 5.73 Å². The van der Waals surface area contributed by atoms with Crippen LogP contribution in [0.1, 0.15) is 11.3 Å². The third-order valence-corrected chi connectivity index (χ3v) is 4.93. The van der Waals surface area contributed by atoms with E-state index in [0.29, 0.717) is 27.2 Å². The zero-order chi connectivity index (χ0) is 13.8. The van der Waals surface area contributed by atoms with E-state index in [4.69, 9.17) is 28.9 Å². The van der Waals surface area contributed by atoms with E-state index in [2.05, 4.69) is 4.98 Å². The molecule has 2 aromatic rings. The lowest BCUT2D eigenvalue weighted by molar-refractivity contribution is 0.682. The lowest BCUT2D eigenvalue weighted by Crippen LogP contribution is -2.07. The smallest absolute Gasteiger partial charge is 0.0763 e. The molecular formula is C13H12Cl2N2OS. The number of aromatic nitrogens is 1. The van der Waals surface area contributed by atoms with E-state index in [1.54, 1.807) is 30.5 Å². The summed E-state index contributed by atoms with van der Waals surface area (Å²) >= 11 is 12.1. The van der Waals surface area contributed by atoms with Gasteiger partial charge in [0.2, 0.25) is 0 Å². The Kier molecular flexibility index (Phi) is 4.93. The van der Waals surface area contributed by atoms with Crippen molar-refractivity contribution in [2.75, 3.05) is 0 Å². The van der Waals surface area contributed by atoms with Crippen molar-refractivity contribution in [2.45, 2.75) is 17.2 Å². The van der Waals surface area contributed by atoms with Gasteiger partial charge >= 0.3 is 0 Å². The number of nitrogens with zero attached hydrogens (tertiary/aromatic N) is 1. The van der Waals surface area contributed by atoms with E-state index < -0.39 is 10.8 Å². The Labute approximate surface area is 124 Å². The van der Waals surface area contributed by atoms with E-state index >= 15 is 0 Å². The number of hydrogen-bond donors (Lipinski definition) is 1. The van der Waals surface area contributed by atoms with E-state index in [0.717, 1.165) is 11.3 Å². The first-order valence-electron chi connectivity index (χ1n) is 5.58. The van der Waals surface area contributed by atoms with Crippen molar-refractivity contribution in [1.29, 1.82) is 0 Å². The highest BCUT2D eigenvalue weighted by Crippen LogP contribution is 2.29. The predicted molar refractivity (Wildman–Crippen MR) is 78.7 cm³/mol. The minimum atomic E-state index is -1.33. The Morgan fingerprint density at radius 2 is 1.84 bits per heavy atom. The lowest BCUT2D eigenvalue weighted by atomic mass is 10.2. The molecule has 0 saturated carbocycles. The van der Waals surface area contributed by atoms with Crippen molar-refractivity contribution < 1.29 is 4.21 Å². The normalized spacial score (nSPS) is 12.4. The maximum Gasteiger partial charge on any atom is 0.0763 e. The van der Waals surface area contributed by atoms with Crippen LogP contribution in [0.5, 0.6) is 0 Å². The van der Waals surface area contributed by atoms with Gasteiger partial charge in [0.15, 0.2) is 0 Å². The summed E-state index contributed by atoms with van der Waals surface area (Å²) in [6, 6.07) is 8.72. The highest BCUT2D eigenvalue weighted by Gasteiger charge is 2.15. The van der Waals surface area contributed by atoms with E-state index in [1.165, 1.54) is 0 Å². The molecule has 0 aliphatic heterocycles. The van der Waals surface area contributed by atoms with Crippen LogP contribution in [0, 0.1) is 0 Å². The molecule has 0 spiro atoms. The SMILES string of the molecule is NCc1ncccc1CS(=O)c1c(Cl)cccc1Cl. The number of pyridine rings is 1. The molecule has 1 aromatic heterocycles. The maximum atomic E-state index is 12.4. The summed E-state index contributed by atoms with van der Waals surface area (Å²) in [6.45, 7) is 0.309. The van der Waals surface area contributed by atoms with Gasteiger partial charge in [0.1, 0.15) is 0 Å². The second kappa shape index (κ2) is 6.48. The molecule has 3 nitrogen and oxygen atoms in total. The van der Waals surface area contributed by atoms with Gasteiger partial charge < -0.3 is 5.73 Å². The number of rotatable bonds is 4. The van der Waals surface area contributed by atoms with E-state index in [9.17, 15) is 4.21 Å². The van der Waals surface area contributed by atoms with E-state index in [1.807, 2.05) is 6.07 Å². The van der Waals surface area contributed by atoms with Gasteiger partial charge in [0.05, 0.1) is 37.2 Å². The third-order valence-electron chi connectivity index (χ3n) is 2.61. The predicted octanol–water partition coefficient (Wildman–Crippen LogP) is 3.15. The molecule has 1 heterocycles. The second-order valence-electron chi connectivity index (χ2n) is 3.85. The van der Waals surface area contributed by atoms with Crippen LogP contribution in [0.25, 0.3) is 0 Å². The van der Waals surface area contributed by atoms with Gasteiger partial charge in [-0.15, -0.1) is 0 Å². The summed E-state index contributed by atoms with van der Waals surface area (Å²) in [6.07, 6.45) is 1.66. The molecule has 1 aromatic carbocycles. The Morgan fingerprint density at radius 1 is 1.16 bits per heavy atom. The molecular weight excluding hydrogens is 303 g/mol. The highest BCUT2D eigenvalue weighted by molar-refractivity contribution is 7.84. The van der Waals surface area contributed by atoms with E-state index in [-0.39, 0.29) is 0 Å². The molecule has 0 saturated heterocycles. The third kappa shape index (κ3) is 3.34. The first kappa shape index (κ1) is 14.5. The Hall–Kier alpha value is -0.940. The van der Waals surface area contributed by atoms with Crippen LogP contribution in [0.4, 0.5) is 0 Å². The molecule has 2 N–H and O–H groups in total. The number of hydrogen-bond acceptors (Lipinski definition) is 3. The summed E-state index contributed by atoms with van der Waals surface area (Å²) in [7, 11) is -1.33. The molecule has 2 rings (SSSR count). The van der Waals surface area contributed by atoms with Crippen LogP contribution in [-0.4, -0.2) is 9.19 Å². The molecule has 6 heteroatoms. The van der Waals surface area contributed by atoms with Crippen molar-refractivity contribution in [3.8, 4) is 0 Å². The summed E-state index contributed by atoms with van der Waals surface area (Å²) in [5, 5.41) is 0.813. The molecule has 0 radical (unpaired) electrons. The molecule has 19 heavy (non-hydrogen) atoms. The monoisotopic (exact) mass is 314 g/mol. The highest BCUT2D eigenvalue weighted by atomic mass is 35.5. The molecule has 0 aliphatic carbocycles. The summed E-state index contributed by atoms with van der Waals surface area (Å²) in [4.78, 5) is 4.62. The summed E-state index contributed by atoms with van der Waals surface area (Å²) in [5.41, 5.74) is 7.19. The topological polar surface area (TPSA) is 56.0 Å². The molecule has 100 valence electrons. The quantitative estimate of drug-likeness (QED) is 0.943. The van der Waals surface area contributed by atoms with Crippen molar-refractivity contribution >= 4 is 34.0 Å². The van der Waals surface area contributed by atoms with Gasteiger partial charge in [-0.3, -0.25) is 9.19 Å². The number of nitrogens with two attached hydrogens (primary N) is 1. The zero-order valence-electron chi connectivity index (χ0n) is 9.98. The van der Waals surface area contributed by atoms with Crippen molar-refractivity contribution in [2.24, 2.45) is 5.73 Å². The maximum absolute atomic E-state index is 12.4. The standard InChI is InChI=1S/C13H12Cl2N2OS/c14-10-4-1-5-11(15)13(10)19(18)8-9-3-2-6-17-12(9)7-16/h1-6H,7-8,16H2. The van der Waals surface area contributed by atoms with Gasteiger partial charge in [-0.25, -0.2) is 0 Å². The Bertz CT molecular complexity index is 599. The summed E-state index contributed by atoms with van der Waals surface area (Å²) < 4.78 is 12.4. The molecule has 0 aliphatic rings. The molecule has 0 bridgehead atoms. The van der Waals surface area contributed by atoms with Crippen molar-refractivity contribution in [3.63, 3.8) is 0 Å². The minimum Gasteiger partial charge on any atom is -0.325 e. The van der Waals surface area contributed by atoms with Crippen LogP contribution >= 0.6 is 23.2 Å². The second-order valence-corrected chi connectivity index (χ2v) is 6.06. The van der Waals surface area contributed by atoms with Gasteiger partial charge in [0.25, 0.3) is 0 Å². The molecule has 1 unspecified atom stereocenters. The van der Waals surface area contributed by atoms with Crippen LogP contribution in [0.15, 0.2) is 41.4 Å². The van der Waals surface area contributed by atoms with Crippen molar-refractivity contribution in [1.82, 2.24) is 4.98 Å².